The van der Waals surface area contributed by atoms with Crippen molar-refractivity contribution in [1.29, 1.82) is 0 Å². The zero-order valence-corrected chi connectivity index (χ0v) is 22.3. The minimum absolute atomic E-state index is 0.415. The lowest BCUT2D eigenvalue weighted by Gasteiger charge is -2.18. The molecule has 0 saturated heterocycles. The van der Waals surface area contributed by atoms with Crippen LogP contribution in [0.15, 0.2) is 59.6 Å². The Morgan fingerprint density at radius 1 is 1.06 bits per heavy atom. The fourth-order valence-electron chi connectivity index (χ4n) is 3.64. The molecule has 0 aliphatic carbocycles. The maximum absolute atomic E-state index is 13.0. The number of carbonyl (C=O) groups is 2. The SMILES string of the molecule is CCCCCCC(OC(=O)c1ccc(SC(C)(C)C(=O)O)cc1)c1cn(Cc2ccc(C)cc2)nn1. The number of rotatable bonds is 13. The van der Waals surface area contributed by atoms with E-state index in [0.717, 1.165) is 36.1 Å². The van der Waals surface area contributed by atoms with Gasteiger partial charge in [0.2, 0.25) is 0 Å². The molecule has 0 bridgehead atoms. The molecule has 0 amide bonds. The number of hydrogen-bond acceptors (Lipinski definition) is 6. The molecule has 1 unspecified atom stereocenters. The lowest BCUT2D eigenvalue weighted by atomic mass is 10.1. The van der Waals surface area contributed by atoms with Crippen molar-refractivity contribution in [2.24, 2.45) is 0 Å². The Morgan fingerprint density at radius 3 is 2.39 bits per heavy atom. The van der Waals surface area contributed by atoms with E-state index in [4.69, 9.17) is 4.74 Å². The number of hydrogen-bond donors (Lipinski definition) is 1. The predicted octanol–water partition coefficient (Wildman–Crippen LogP) is 6.46. The Balaban J connectivity index is 1.70. The number of aliphatic carboxylic acids is 1. The van der Waals surface area contributed by atoms with Crippen molar-refractivity contribution in [2.45, 2.75) is 82.1 Å². The van der Waals surface area contributed by atoms with Crippen LogP contribution in [0.3, 0.4) is 0 Å². The number of carbonyl (C=O) groups excluding carboxylic acids is 1. The molecule has 2 aromatic carbocycles. The van der Waals surface area contributed by atoms with Gasteiger partial charge in [-0.2, -0.15) is 0 Å². The van der Waals surface area contributed by atoms with Crippen molar-refractivity contribution in [3.63, 3.8) is 0 Å². The van der Waals surface area contributed by atoms with E-state index >= 15 is 0 Å². The first-order chi connectivity index (χ1) is 17.2. The normalized spacial score (nSPS) is 12.3. The van der Waals surface area contributed by atoms with Crippen molar-refractivity contribution in [3.8, 4) is 0 Å². The molecule has 1 N–H and O–H groups in total. The van der Waals surface area contributed by atoms with Crippen LogP contribution in [-0.2, 0) is 16.1 Å². The molecular formula is C28H35N3O4S. The summed E-state index contributed by atoms with van der Waals surface area (Å²) in [7, 11) is 0. The van der Waals surface area contributed by atoms with Crippen molar-refractivity contribution in [2.75, 3.05) is 0 Å². The molecule has 8 heteroatoms. The lowest BCUT2D eigenvalue weighted by Crippen LogP contribution is -2.26. The molecular weight excluding hydrogens is 474 g/mol. The summed E-state index contributed by atoms with van der Waals surface area (Å²) in [5.41, 5.74) is 3.38. The summed E-state index contributed by atoms with van der Waals surface area (Å²) in [6.45, 7) is 8.11. The number of ether oxygens (including phenoxy) is 1. The van der Waals surface area contributed by atoms with E-state index in [9.17, 15) is 14.7 Å². The summed E-state index contributed by atoms with van der Waals surface area (Å²) in [5.74, 6) is -1.32. The highest BCUT2D eigenvalue weighted by atomic mass is 32.2. The van der Waals surface area contributed by atoms with Crippen molar-refractivity contribution >= 4 is 23.7 Å². The van der Waals surface area contributed by atoms with E-state index < -0.39 is 22.8 Å². The van der Waals surface area contributed by atoms with Gasteiger partial charge in [0.15, 0.2) is 0 Å². The Hall–Kier alpha value is -3.13. The highest BCUT2D eigenvalue weighted by Gasteiger charge is 2.28. The van der Waals surface area contributed by atoms with Gasteiger partial charge in [0.25, 0.3) is 0 Å². The highest BCUT2D eigenvalue weighted by Crippen LogP contribution is 2.33. The topological polar surface area (TPSA) is 94.3 Å². The summed E-state index contributed by atoms with van der Waals surface area (Å²) in [5, 5.41) is 17.9. The molecule has 0 fully saturated rings. The van der Waals surface area contributed by atoms with E-state index in [1.54, 1.807) is 42.8 Å². The molecule has 1 aromatic heterocycles. The maximum atomic E-state index is 13.0. The largest absolute Gasteiger partial charge is 0.480 e. The van der Waals surface area contributed by atoms with Gasteiger partial charge in [-0.3, -0.25) is 4.79 Å². The number of carboxylic acids is 1. The van der Waals surface area contributed by atoms with Gasteiger partial charge < -0.3 is 9.84 Å². The van der Waals surface area contributed by atoms with Crippen LogP contribution in [0.1, 0.15) is 86.2 Å². The van der Waals surface area contributed by atoms with Crippen molar-refractivity contribution in [3.05, 3.63) is 77.1 Å². The molecule has 192 valence electrons. The average Bonchev–Trinajstić information content (AvgIpc) is 3.31. The van der Waals surface area contributed by atoms with Gasteiger partial charge in [0.1, 0.15) is 16.5 Å². The minimum Gasteiger partial charge on any atom is -0.480 e. The van der Waals surface area contributed by atoms with Gasteiger partial charge in [-0.05, 0) is 63.4 Å². The Kier molecular flexibility index (Phi) is 9.70. The zero-order valence-electron chi connectivity index (χ0n) is 21.4. The van der Waals surface area contributed by atoms with E-state index in [1.165, 1.54) is 17.3 Å². The molecule has 1 atom stereocenters. The van der Waals surface area contributed by atoms with Crippen LogP contribution < -0.4 is 0 Å². The van der Waals surface area contributed by atoms with E-state index in [2.05, 4.69) is 48.4 Å². The molecule has 7 nitrogen and oxygen atoms in total. The molecule has 36 heavy (non-hydrogen) atoms. The monoisotopic (exact) mass is 509 g/mol. The third-order valence-electron chi connectivity index (χ3n) is 5.90. The zero-order chi connectivity index (χ0) is 26.1. The Morgan fingerprint density at radius 2 is 1.75 bits per heavy atom. The van der Waals surface area contributed by atoms with Crippen molar-refractivity contribution < 1.29 is 19.4 Å². The average molecular weight is 510 g/mol. The third-order valence-corrected chi connectivity index (χ3v) is 7.09. The summed E-state index contributed by atoms with van der Waals surface area (Å²) in [6.07, 6.45) is 6.29. The third kappa shape index (κ3) is 7.95. The molecule has 3 rings (SSSR count). The minimum atomic E-state index is -0.962. The second kappa shape index (κ2) is 12.7. The fourth-order valence-corrected chi connectivity index (χ4v) is 4.59. The van der Waals surface area contributed by atoms with Gasteiger partial charge in [-0.25, -0.2) is 9.48 Å². The van der Waals surface area contributed by atoms with Crippen LogP contribution >= 0.6 is 11.8 Å². The summed E-state index contributed by atoms with van der Waals surface area (Å²) in [4.78, 5) is 25.1. The predicted molar refractivity (Wildman–Crippen MR) is 141 cm³/mol. The van der Waals surface area contributed by atoms with Crippen LogP contribution in [0.4, 0.5) is 0 Å². The van der Waals surface area contributed by atoms with Crippen LogP contribution in [0.25, 0.3) is 0 Å². The number of aryl methyl sites for hydroxylation is 1. The van der Waals surface area contributed by atoms with Crippen LogP contribution in [0.2, 0.25) is 0 Å². The van der Waals surface area contributed by atoms with Crippen molar-refractivity contribution in [1.82, 2.24) is 15.0 Å². The number of unbranched alkanes of at least 4 members (excludes halogenated alkanes) is 3. The summed E-state index contributed by atoms with van der Waals surface area (Å²) >= 11 is 1.23. The molecule has 0 saturated carbocycles. The molecule has 1 heterocycles. The number of carboxylic acid groups (broad SMARTS) is 1. The lowest BCUT2D eigenvalue weighted by molar-refractivity contribution is -0.138. The Bertz CT molecular complexity index is 1140. The highest BCUT2D eigenvalue weighted by molar-refractivity contribution is 8.01. The van der Waals surface area contributed by atoms with E-state index in [0.29, 0.717) is 24.2 Å². The molecule has 0 aliphatic rings. The number of thioether (sulfide) groups is 1. The molecule has 0 aliphatic heterocycles. The first kappa shape index (κ1) is 27.5. The second-order valence-corrected chi connectivity index (χ2v) is 11.2. The van der Waals surface area contributed by atoms with Gasteiger partial charge in [-0.1, -0.05) is 61.2 Å². The van der Waals surface area contributed by atoms with Gasteiger partial charge in [0.05, 0.1) is 18.3 Å². The molecule has 3 aromatic rings. The standard InChI is InChI=1S/C28H35N3O4S/c1-5-6-7-8-9-25(24-19-31(30-29-24)18-21-12-10-20(2)11-13-21)35-26(32)22-14-16-23(17-15-22)36-28(3,4)27(33)34/h10-17,19,25H,5-9,18H2,1-4H3,(H,33,34). The number of aromatic nitrogens is 3. The quantitative estimate of drug-likeness (QED) is 0.160. The first-order valence-corrected chi connectivity index (χ1v) is 13.2. The second-order valence-electron chi connectivity index (χ2n) is 9.51. The van der Waals surface area contributed by atoms with E-state index in [-0.39, 0.29) is 0 Å². The van der Waals surface area contributed by atoms with Crippen LogP contribution in [-0.4, -0.2) is 36.8 Å². The van der Waals surface area contributed by atoms with Crippen LogP contribution in [0.5, 0.6) is 0 Å². The van der Waals surface area contributed by atoms with E-state index in [1.807, 2.05) is 6.20 Å². The number of esters is 1. The van der Waals surface area contributed by atoms with Gasteiger partial charge >= 0.3 is 11.9 Å². The first-order valence-electron chi connectivity index (χ1n) is 12.4. The van der Waals surface area contributed by atoms with Crippen LogP contribution in [0, 0.1) is 6.92 Å². The number of nitrogens with zero attached hydrogens (tertiary/aromatic N) is 3. The number of benzene rings is 2. The Labute approximate surface area is 217 Å². The fraction of sp³-hybridized carbons (Fsp3) is 0.429. The summed E-state index contributed by atoms with van der Waals surface area (Å²) in [6, 6.07) is 15.1. The smallest absolute Gasteiger partial charge is 0.338 e. The van der Waals surface area contributed by atoms with Gasteiger partial charge in [-0.15, -0.1) is 16.9 Å². The maximum Gasteiger partial charge on any atom is 0.338 e. The molecule has 0 radical (unpaired) electrons. The molecule has 0 spiro atoms. The van der Waals surface area contributed by atoms with Gasteiger partial charge in [0, 0.05) is 4.90 Å². The summed E-state index contributed by atoms with van der Waals surface area (Å²) < 4.78 is 6.71.